The number of ether oxygens (including phenoxy) is 1. The Morgan fingerprint density at radius 3 is 2.64 bits per heavy atom. The Labute approximate surface area is 67.4 Å². The van der Waals surface area contributed by atoms with Gasteiger partial charge in [0.05, 0.1) is 0 Å². The summed E-state index contributed by atoms with van der Waals surface area (Å²) in [4.78, 5) is 10.9. The molecule has 0 rings (SSSR count). The van der Waals surface area contributed by atoms with Gasteiger partial charge in [0.25, 0.3) is 0 Å². The normalized spacial score (nSPS) is 12.3. The average Bonchev–Trinajstić information content (AvgIpc) is 1.87. The maximum atomic E-state index is 10.9. The van der Waals surface area contributed by atoms with Crippen molar-refractivity contribution in [1.29, 1.82) is 0 Å². The quantitative estimate of drug-likeness (QED) is 0.482. The van der Waals surface area contributed by atoms with Crippen molar-refractivity contribution < 1.29 is 9.53 Å². The van der Waals surface area contributed by atoms with Crippen LogP contribution in [0.5, 0.6) is 0 Å². The molecule has 0 fully saturated rings. The van der Waals surface area contributed by atoms with Crippen molar-refractivity contribution in [2.45, 2.75) is 20.0 Å². The Morgan fingerprint density at radius 2 is 2.27 bits per heavy atom. The predicted octanol–water partition coefficient (Wildman–Crippen LogP) is 0.714. The number of carbonyl (C=O) groups is 1. The third kappa shape index (κ3) is 4.56. The number of likely N-dealkylation sites (N-methyl/N-ethyl adjacent to an activating group) is 1. The second kappa shape index (κ2) is 4.91. The van der Waals surface area contributed by atoms with Gasteiger partial charge in [-0.15, -0.1) is 0 Å². The predicted molar refractivity (Wildman–Crippen MR) is 44.3 cm³/mol. The number of nitrogens with one attached hydrogen (secondary N) is 1. The zero-order valence-electron chi connectivity index (χ0n) is 7.31. The summed E-state index contributed by atoms with van der Waals surface area (Å²) in [5, 5.41) is 2.90. The van der Waals surface area contributed by atoms with Crippen LogP contribution in [0.4, 0.5) is 0 Å². The van der Waals surface area contributed by atoms with Crippen LogP contribution in [-0.4, -0.2) is 25.7 Å². The van der Waals surface area contributed by atoms with Crippen molar-refractivity contribution in [3.63, 3.8) is 0 Å². The maximum Gasteiger partial charge on any atom is 0.333 e. The third-order valence-electron chi connectivity index (χ3n) is 1.15. The minimum Gasteiger partial charge on any atom is -0.458 e. The lowest BCUT2D eigenvalue weighted by Gasteiger charge is -2.11. The molecule has 64 valence electrons. The molecule has 0 aromatic heterocycles. The van der Waals surface area contributed by atoms with E-state index in [1.165, 1.54) is 0 Å². The molecule has 0 heterocycles. The van der Waals surface area contributed by atoms with Gasteiger partial charge in [-0.2, -0.15) is 0 Å². The molecule has 0 aliphatic carbocycles. The molecule has 0 aromatic carbocycles. The summed E-state index contributed by atoms with van der Waals surface area (Å²) in [6, 6.07) is 0. The highest BCUT2D eigenvalue weighted by Crippen LogP contribution is 1.96. The van der Waals surface area contributed by atoms with E-state index >= 15 is 0 Å². The minimum atomic E-state index is -0.326. The molecule has 0 aliphatic heterocycles. The Bertz CT molecular complexity index is 154. The molecule has 0 saturated carbocycles. The number of hydrogen-bond donors (Lipinski definition) is 1. The maximum absolute atomic E-state index is 10.9. The van der Waals surface area contributed by atoms with E-state index in [9.17, 15) is 4.79 Å². The van der Waals surface area contributed by atoms with Gasteiger partial charge in [-0.05, 0) is 20.9 Å². The van der Waals surface area contributed by atoms with E-state index in [0.29, 0.717) is 12.1 Å². The van der Waals surface area contributed by atoms with Gasteiger partial charge in [-0.3, -0.25) is 0 Å². The number of rotatable bonds is 4. The van der Waals surface area contributed by atoms with Gasteiger partial charge in [0, 0.05) is 12.1 Å². The third-order valence-corrected chi connectivity index (χ3v) is 1.15. The van der Waals surface area contributed by atoms with Crippen LogP contribution in [0.2, 0.25) is 0 Å². The summed E-state index contributed by atoms with van der Waals surface area (Å²) < 4.78 is 4.95. The first-order valence-corrected chi connectivity index (χ1v) is 3.59. The van der Waals surface area contributed by atoms with Crippen LogP contribution in [0.1, 0.15) is 13.8 Å². The molecule has 0 saturated heterocycles. The summed E-state index contributed by atoms with van der Waals surface area (Å²) >= 11 is 0. The van der Waals surface area contributed by atoms with Crippen molar-refractivity contribution >= 4 is 5.97 Å². The number of hydrogen-bond acceptors (Lipinski definition) is 3. The van der Waals surface area contributed by atoms with Crippen molar-refractivity contribution in [2.75, 3.05) is 13.6 Å². The molecule has 11 heavy (non-hydrogen) atoms. The second-order valence-corrected chi connectivity index (χ2v) is 2.55. The molecular weight excluding hydrogens is 142 g/mol. The van der Waals surface area contributed by atoms with Crippen LogP contribution in [0.15, 0.2) is 12.2 Å². The Hall–Kier alpha value is -0.830. The lowest BCUT2D eigenvalue weighted by molar-refractivity contribution is -0.143. The van der Waals surface area contributed by atoms with E-state index in [4.69, 9.17) is 4.74 Å². The van der Waals surface area contributed by atoms with Gasteiger partial charge in [-0.1, -0.05) is 6.58 Å². The summed E-state index contributed by atoms with van der Waals surface area (Å²) in [6.07, 6.45) is -0.0933. The summed E-state index contributed by atoms with van der Waals surface area (Å²) in [5.41, 5.74) is 0.438. The van der Waals surface area contributed by atoms with Crippen molar-refractivity contribution in [1.82, 2.24) is 5.32 Å². The average molecular weight is 157 g/mol. The van der Waals surface area contributed by atoms with Crippen molar-refractivity contribution in [3.05, 3.63) is 12.2 Å². The molecule has 3 nitrogen and oxygen atoms in total. The molecule has 0 aromatic rings. The highest BCUT2D eigenvalue weighted by molar-refractivity contribution is 5.87. The lowest BCUT2D eigenvalue weighted by Crippen LogP contribution is -2.26. The fourth-order valence-corrected chi connectivity index (χ4v) is 0.612. The fraction of sp³-hybridized carbons (Fsp3) is 0.625. The van der Waals surface area contributed by atoms with Crippen LogP contribution >= 0.6 is 0 Å². The van der Waals surface area contributed by atoms with Crippen LogP contribution in [0, 0.1) is 0 Å². The Morgan fingerprint density at radius 1 is 1.73 bits per heavy atom. The molecule has 3 heteroatoms. The Balaban J connectivity index is 3.66. The first-order valence-electron chi connectivity index (χ1n) is 3.59. The fourth-order valence-electron chi connectivity index (χ4n) is 0.612. The van der Waals surface area contributed by atoms with Crippen LogP contribution in [0.25, 0.3) is 0 Å². The van der Waals surface area contributed by atoms with Gasteiger partial charge >= 0.3 is 5.97 Å². The summed E-state index contributed by atoms with van der Waals surface area (Å²) in [6.45, 7) is 7.60. The molecule has 0 radical (unpaired) electrons. The van der Waals surface area contributed by atoms with E-state index in [2.05, 4.69) is 11.9 Å². The number of carbonyl (C=O) groups excluding carboxylic acids is 1. The molecular formula is C8H15NO2. The second-order valence-electron chi connectivity index (χ2n) is 2.55. The standard InChI is InChI=1S/C8H15NO2/c1-6(2)8(10)11-7(3)5-9-4/h7,9H,1,5H2,2-4H3. The summed E-state index contributed by atoms with van der Waals surface area (Å²) in [5.74, 6) is -0.326. The molecule has 0 bridgehead atoms. The van der Waals surface area contributed by atoms with E-state index in [0.717, 1.165) is 0 Å². The first kappa shape index (κ1) is 10.2. The zero-order chi connectivity index (χ0) is 8.85. The molecule has 0 aliphatic rings. The van der Waals surface area contributed by atoms with Gasteiger partial charge in [-0.25, -0.2) is 4.79 Å². The van der Waals surface area contributed by atoms with E-state index in [1.54, 1.807) is 6.92 Å². The van der Waals surface area contributed by atoms with Crippen LogP contribution in [0.3, 0.4) is 0 Å². The Kier molecular flexibility index (Phi) is 4.54. The number of esters is 1. The molecule has 0 amide bonds. The monoisotopic (exact) mass is 157 g/mol. The van der Waals surface area contributed by atoms with Crippen LogP contribution < -0.4 is 5.32 Å². The lowest BCUT2D eigenvalue weighted by atomic mass is 10.3. The highest BCUT2D eigenvalue weighted by atomic mass is 16.5. The van der Waals surface area contributed by atoms with Crippen molar-refractivity contribution in [3.8, 4) is 0 Å². The van der Waals surface area contributed by atoms with E-state index in [-0.39, 0.29) is 12.1 Å². The van der Waals surface area contributed by atoms with Gasteiger partial charge in [0.1, 0.15) is 6.10 Å². The summed E-state index contributed by atoms with van der Waals surface area (Å²) in [7, 11) is 1.81. The molecule has 1 N–H and O–H groups in total. The van der Waals surface area contributed by atoms with Crippen LogP contribution in [-0.2, 0) is 9.53 Å². The molecule has 0 spiro atoms. The zero-order valence-corrected chi connectivity index (χ0v) is 7.31. The van der Waals surface area contributed by atoms with Crippen molar-refractivity contribution in [2.24, 2.45) is 0 Å². The highest BCUT2D eigenvalue weighted by Gasteiger charge is 2.07. The minimum absolute atomic E-state index is 0.0933. The van der Waals surface area contributed by atoms with E-state index in [1.807, 2.05) is 14.0 Å². The van der Waals surface area contributed by atoms with Gasteiger partial charge in [0.15, 0.2) is 0 Å². The SMILES string of the molecule is C=C(C)C(=O)OC(C)CNC. The topological polar surface area (TPSA) is 38.3 Å². The van der Waals surface area contributed by atoms with E-state index < -0.39 is 0 Å². The van der Waals surface area contributed by atoms with Gasteiger partial charge in [0.2, 0.25) is 0 Å². The largest absolute Gasteiger partial charge is 0.458 e. The smallest absolute Gasteiger partial charge is 0.333 e. The molecule has 1 atom stereocenters. The first-order chi connectivity index (χ1) is 5.07. The van der Waals surface area contributed by atoms with Gasteiger partial charge < -0.3 is 10.1 Å². The molecule has 1 unspecified atom stereocenters.